The van der Waals surface area contributed by atoms with Gasteiger partial charge in [0.25, 0.3) is 0 Å². The summed E-state index contributed by atoms with van der Waals surface area (Å²) >= 11 is 0. The minimum atomic E-state index is -0.198. The van der Waals surface area contributed by atoms with Crippen LogP contribution in [0, 0.1) is 11.8 Å². The zero-order valence-electron chi connectivity index (χ0n) is 9.92. The summed E-state index contributed by atoms with van der Waals surface area (Å²) in [7, 11) is 0. The molecule has 0 aliphatic rings. The largest absolute Gasteiger partial charge is 0.338 e. The van der Waals surface area contributed by atoms with E-state index in [9.17, 15) is 4.79 Å². The molecule has 1 aromatic rings. The summed E-state index contributed by atoms with van der Waals surface area (Å²) in [4.78, 5) is 11.4. The highest BCUT2D eigenvalue weighted by Gasteiger charge is 1.99. The van der Waals surface area contributed by atoms with E-state index in [0.29, 0.717) is 13.1 Å². The van der Waals surface area contributed by atoms with E-state index in [2.05, 4.69) is 22.5 Å². The van der Waals surface area contributed by atoms with Crippen LogP contribution in [0.15, 0.2) is 24.3 Å². The van der Waals surface area contributed by atoms with Crippen LogP contribution in [0.3, 0.4) is 0 Å². The van der Waals surface area contributed by atoms with Crippen LogP contribution in [-0.4, -0.2) is 19.1 Å². The van der Waals surface area contributed by atoms with E-state index in [1.54, 1.807) is 0 Å². The first-order chi connectivity index (χ1) is 8.26. The number of hydrogen-bond acceptors (Lipinski definition) is 2. The monoisotopic (exact) mass is 231 g/mol. The quantitative estimate of drug-likeness (QED) is 0.691. The van der Waals surface area contributed by atoms with Crippen molar-refractivity contribution in [2.75, 3.05) is 18.4 Å². The number of benzene rings is 1. The van der Waals surface area contributed by atoms with Crippen LogP contribution in [0.1, 0.15) is 18.9 Å². The van der Waals surface area contributed by atoms with Crippen molar-refractivity contribution in [2.45, 2.75) is 13.3 Å². The van der Waals surface area contributed by atoms with Gasteiger partial charge in [-0.25, -0.2) is 4.79 Å². The minimum absolute atomic E-state index is 0.198. The van der Waals surface area contributed by atoms with Crippen molar-refractivity contribution >= 4 is 11.7 Å². The molecule has 0 aromatic heterocycles. The van der Waals surface area contributed by atoms with E-state index in [4.69, 9.17) is 5.73 Å². The Kier molecular flexibility index (Phi) is 5.62. The van der Waals surface area contributed by atoms with Crippen LogP contribution >= 0.6 is 0 Å². The second-order valence-electron chi connectivity index (χ2n) is 3.47. The third kappa shape index (κ3) is 5.05. The van der Waals surface area contributed by atoms with E-state index >= 15 is 0 Å². The van der Waals surface area contributed by atoms with Crippen molar-refractivity contribution in [1.82, 2.24) is 5.32 Å². The summed E-state index contributed by atoms with van der Waals surface area (Å²) in [6, 6.07) is 7.15. The first kappa shape index (κ1) is 13.1. The molecule has 0 saturated heterocycles. The number of carbonyl (C=O) groups is 1. The highest BCUT2D eigenvalue weighted by atomic mass is 16.2. The van der Waals surface area contributed by atoms with Gasteiger partial charge in [-0.05, 0) is 24.6 Å². The van der Waals surface area contributed by atoms with Gasteiger partial charge in [0.15, 0.2) is 0 Å². The number of nitrogens with one attached hydrogen (secondary N) is 2. The molecule has 1 rings (SSSR count). The number of amides is 2. The number of hydrogen-bond donors (Lipinski definition) is 3. The summed E-state index contributed by atoms with van der Waals surface area (Å²) < 4.78 is 0. The molecule has 2 amide bonds. The molecule has 90 valence electrons. The fourth-order valence-corrected chi connectivity index (χ4v) is 1.24. The van der Waals surface area contributed by atoms with Crippen molar-refractivity contribution in [3.05, 3.63) is 29.8 Å². The van der Waals surface area contributed by atoms with Crippen LogP contribution in [0.25, 0.3) is 0 Å². The lowest BCUT2D eigenvalue weighted by atomic mass is 10.2. The standard InChI is InChI=1S/C13H17N3O/c1-2-9-15-13(17)16-12-7-3-5-11(10-12)6-4-8-14/h3,5,7,10H,2,8-9,14H2,1H3,(H2,15,16,17). The van der Waals surface area contributed by atoms with Gasteiger partial charge in [0.1, 0.15) is 0 Å². The van der Waals surface area contributed by atoms with Gasteiger partial charge in [0, 0.05) is 17.8 Å². The smallest absolute Gasteiger partial charge is 0.319 e. The van der Waals surface area contributed by atoms with Crippen LogP contribution in [0.4, 0.5) is 10.5 Å². The lowest BCUT2D eigenvalue weighted by Gasteiger charge is -2.06. The summed E-state index contributed by atoms with van der Waals surface area (Å²) in [5.74, 6) is 5.68. The minimum Gasteiger partial charge on any atom is -0.338 e. The molecule has 0 spiro atoms. The van der Waals surface area contributed by atoms with E-state index in [1.807, 2.05) is 31.2 Å². The maximum atomic E-state index is 11.4. The van der Waals surface area contributed by atoms with Crippen molar-refractivity contribution < 1.29 is 4.79 Å². The number of anilines is 1. The Bertz CT molecular complexity index is 432. The van der Waals surface area contributed by atoms with Crippen molar-refractivity contribution in [1.29, 1.82) is 0 Å². The molecular formula is C13H17N3O. The molecule has 0 atom stereocenters. The fourth-order valence-electron chi connectivity index (χ4n) is 1.24. The molecule has 17 heavy (non-hydrogen) atoms. The molecule has 4 heteroatoms. The van der Waals surface area contributed by atoms with Crippen molar-refractivity contribution in [3.8, 4) is 11.8 Å². The molecule has 0 heterocycles. The van der Waals surface area contributed by atoms with E-state index in [0.717, 1.165) is 17.7 Å². The molecule has 4 nitrogen and oxygen atoms in total. The van der Waals surface area contributed by atoms with Gasteiger partial charge in [-0.15, -0.1) is 0 Å². The van der Waals surface area contributed by atoms with Crippen molar-refractivity contribution in [3.63, 3.8) is 0 Å². The second-order valence-corrected chi connectivity index (χ2v) is 3.47. The first-order valence-electron chi connectivity index (χ1n) is 5.60. The first-order valence-corrected chi connectivity index (χ1v) is 5.60. The number of urea groups is 1. The Balaban J connectivity index is 2.62. The zero-order chi connectivity index (χ0) is 12.5. The highest BCUT2D eigenvalue weighted by molar-refractivity contribution is 5.89. The maximum absolute atomic E-state index is 11.4. The third-order valence-electron chi connectivity index (χ3n) is 1.99. The maximum Gasteiger partial charge on any atom is 0.319 e. The Hall–Kier alpha value is -1.99. The SMILES string of the molecule is CCCNC(=O)Nc1cccc(C#CCN)c1. The Morgan fingerprint density at radius 3 is 3.00 bits per heavy atom. The summed E-state index contributed by atoms with van der Waals surface area (Å²) in [5.41, 5.74) is 6.86. The topological polar surface area (TPSA) is 67.2 Å². The molecule has 0 bridgehead atoms. The van der Waals surface area contributed by atoms with Gasteiger partial charge < -0.3 is 16.4 Å². The number of rotatable bonds is 3. The molecule has 0 fully saturated rings. The lowest BCUT2D eigenvalue weighted by molar-refractivity contribution is 0.252. The van der Waals surface area contributed by atoms with Crippen LogP contribution in [-0.2, 0) is 0 Å². The lowest BCUT2D eigenvalue weighted by Crippen LogP contribution is -2.29. The van der Waals surface area contributed by atoms with Gasteiger partial charge in [-0.1, -0.05) is 24.8 Å². The Morgan fingerprint density at radius 1 is 1.47 bits per heavy atom. The third-order valence-corrected chi connectivity index (χ3v) is 1.99. The van der Waals surface area contributed by atoms with E-state index in [-0.39, 0.29) is 6.03 Å². The predicted octanol–water partition coefficient (Wildman–Crippen LogP) is 1.53. The average Bonchev–Trinajstić information content (AvgIpc) is 2.34. The van der Waals surface area contributed by atoms with Crippen LogP contribution in [0.5, 0.6) is 0 Å². The summed E-state index contributed by atoms with van der Waals surface area (Å²) in [6.07, 6.45) is 0.912. The molecule has 4 N–H and O–H groups in total. The molecule has 0 radical (unpaired) electrons. The molecule has 0 unspecified atom stereocenters. The number of carbonyl (C=O) groups excluding carboxylic acids is 1. The molecule has 0 saturated carbocycles. The molecule has 1 aromatic carbocycles. The Labute approximate surface area is 102 Å². The van der Waals surface area contributed by atoms with E-state index < -0.39 is 0 Å². The van der Waals surface area contributed by atoms with Crippen LogP contribution in [0.2, 0.25) is 0 Å². The van der Waals surface area contributed by atoms with Gasteiger partial charge in [0.2, 0.25) is 0 Å². The molecule has 0 aliphatic carbocycles. The number of nitrogens with two attached hydrogens (primary N) is 1. The molecular weight excluding hydrogens is 214 g/mol. The average molecular weight is 231 g/mol. The van der Waals surface area contributed by atoms with Crippen molar-refractivity contribution in [2.24, 2.45) is 5.73 Å². The normalized spacial score (nSPS) is 9.06. The van der Waals surface area contributed by atoms with E-state index in [1.165, 1.54) is 0 Å². The second kappa shape index (κ2) is 7.31. The molecule has 0 aliphatic heterocycles. The zero-order valence-corrected chi connectivity index (χ0v) is 9.92. The Morgan fingerprint density at radius 2 is 2.29 bits per heavy atom. The van der Waals surface area contributed by atoms with Crippen LogP contribution < -0.4 is 16.4 Å². The van der Waals surface area contributed by atoms with Gasteiger partial charge in [-0.3, -0.25) is 0 Å². The van der Waals surface area contributed by atoms with Gasteiger partial charge >= 0.3 is 6.03 Å². The summed E-state index contributed by atoms with van der Waals surface area (Å²) in [6.45, 7) is 3.00. The summed E-state index contributed by atoms with van der Waals surface area (Å²) in [5, 5.41) is 5.48. The fraction of sp³-hybridized carbons (Fsp3) is 0.308. The van der Waals surface area contributed by atoms with Gasteiger partial charge in [0.05, 0.1) is 6.54 Å². The highest BCUT2D eigenvalue weighted by Crippen LogP contribution is 2.09. The van der Waals surface area contributed by atoms with Gasteiger partial charge in [-0.2, -0.15) is 0 Å². The predicted molar refractivity (Wildman–Crippen MR) is 69.7 cm³/mol.